The SMILES string of the molecule is N#Cc1ccc(N2CCCN(Cc3cc(Cl)c4c(c3)OCO4)CC2)cc1. The Kier molecular flexibility index (Phi) is 4.87. The fourth-order valence-electron chi connectivity index (χ4n) is 3.50. The fourth-order valence-corrected chi connectivity index (χ4v) is 3.79. The minimum Gasteiger partial charge on any atom is -0.454 e. The molecule has 2 aromatic carbocycles. The van der Waals surface area contributed by atoms with E-state index in [1.54, 1.807) is 0 Å². The van der Waals surface area contributed by atoms with Crippen molar-refractivity contribution in [3.63, 3.8) is 0 Å². The van der Waals surface area contributed by atoms with Crippen molar-refractivity contribution in [1.82, 2.24) is 4.90 Å². The summed E-state index contributed by atoms with van der Waals surface area (Å²) in [6.07, 6.45) is 1.10. The number of halogens is 1. The summed E-state index contributed by atoms with van der Waals surface area (Å²) in [6, 6.07) is 14.0. The smallest absolute Gasteiger partial charge is 0.231 e. The highest BCUT2D eigenvalue weighted by atomic mass is 35.5. The third-order valence-electron chi connectivity index (χ3n) is 4.84. The van der Waals surface area contributed by atoms with Crippen LogP contribution in [0.5, 0.6) is 11.5 Å². The van der Waals surface area contributed by atoms with Crippen molar-refractivity contribution in [1.29, 1.82) is 5.26 Å². The molecule has 5 nitrogen and oxygen atoms in total. The Morgan fingerprint density at radius 1 is 1.04 bits per heavy atom. The van der Waals surface area contributed by atoms with Crippen molar-refractivity contribution in [3.8, 4) is 17.6 Å². The molecule has 0 aliphatic carbocycles. The van der Waals surface area contributed by atoms with Crippen molar-refractivity contribution < 1.29 is 9.47 Å². The van der Waals surface area contributed by atoms with Crippen molar-refractivity contribution >= 4 is 17.3 Å². The number of rotatable bonds is 3. The van der Waals surface area contributed by atoms with E-state index in [0.29, 0.717) is 16.3 Å². The molecule has 0 aromatic heterocycles. The summed E-state index contributed by atoms with van der Waals surface area (Å²) >= 11 is 6.30. The zero-order chi connectivity index (χ0) is 17.9. The first-order valence-corrected chi connectivity index (χ1v) is 9.16. The van der Waals surface area contributed by atoms with Crippen LogP contribution >= 0.6 is 11.6 Å². The summed E-state index contributed by atoms with van der Waals surface area (Å²) in [4.78, 5) is 4.82. The molecule has 4 rings (SSSR count). The summed E-state index contributed by atoms with van der Waals surface area (Å²) in [5.41, 5.74) is 3.02. The average Bonchev–Trinajstić information content (AvgIpc) is 3.02. The Morgan fingerprint density at radius 3 is 2.69 bits per heavy atom. The highest BCUT2D eigenvalue weighted by Crippen LogP contribution is 2.40. The van der Waals surface area contributed by atoms with E-state index in [1.165, 1.54) is 5.69 Å². The summed E-state index contributed by atoms with van der Waals surface area (Å²) in [6.45, 7) is 5.08. The number of ether oxygens (including phenoxy) is 2. The lowest BCUT2D eigenvalue weighted by atomic mass is 10.2. The Balaban J connectivity index is 1.41. The molecule has 1 saturated heterocycles. The Labute approximate surface area is 158 Å². The van der Waals surface area contributed by atoms with Gasteiger partial charge < -0.3 is 14.4 Å². The molecule has 0 spiro atoms. The first-order chi connectivity index (χ1) is 12.7. The second-order valence-electron chi connectivity index (χ2n) is 6.59. The molecule has 0 N–H and O–H groups in total. The molecule has 0 atom stereocenters. The van der Waals surface area contributed by atoms with Gasteiger partial charge in [0.25, 0.3) is 0 Å². The molecule has 2 aromatic rings. The van der Waals surface area contributed by atoms with E-state index in [1.807, 2.05) is 36.4 Å². The van der Waals surface area contributed by atoms with Crippen LogP contribution in [-0.2, 0) is 6.54 Å². The molecule has 26 heavy (non-hydrogen) atoms. The van der Waals surface area contributed by atoms with E-state index in [2.05, 4.69) is 15.9 Å². The van der Waals surface area contributed by atoms with Gasteiger partial charge in [-0.3, -0.25) is 4.90 Å². The standard InChI is InChI=1S/C20H20ClN3O2/c21-18-10-16(11-19-20(18)26-14-25-19)13-23-6-1-7-24(9-8-23)17-4-2-15(12-22)3-5-17/h2-5,10-11H,1,6-9,13-14H2. The molecular formula is C20H20ClN3O2. The number of hydrogen-bond donors (Lipinski definition) is 0. The van der Waals surface area contributed by atoms with Crippen molar-refractivity contribution in [2.24, 2.45) is 0 Å². The lowest BCUT2D eigenvalue weighted by Gasteiger charge is -2.24. The van der Waals surface area contributed by atoms with Crippen LogP contribution in [0.4, 0.5) is 5.69 Å². The second-order valence-corrected chi connectivity index (χ2v) is 6.99. The lowest BCUT2D eigenvalue weighted by Crippen LogP contribution is -2.30. The molecule has 2 heterocycles. The van der Waals surface area contributed by atoms with Gasteiger partial charge in [-0.05, 0) is 48.4 Å². The van der Waals surface area contributed by atoms with Crippen LogP contribution in [0.1, 0.15) is 17.5 Å². The number of hydrogen-bond acceptors (Lipinski definition) is 5. The number of anilines is 1. The lowest BCUT2D eigenvalue weighted by molar-refractivity contribution is 0.174. The Morgan fingerprint density at radius 2 is 1.88 bits per heavy atom. The minimum absolute atomic E-state index is 0.238. The van der Waals surface area contributed by atoms with Gasteiger partial charge in [-0.15, -0.1) is 0 Å². The van der Waals surface area contributed by atoms with Crippen LogP contribution in [0.25, 0.3) is 0 Å². The quantitative estimate of drug-likeness (QED) is 0.826. The summed E-state index contributed by atoms with van der Waals surface area (Å²) < 4.78 is 10.9. The van der Waals surface area contributed by atoms with Gasteiger partial charge >= 0.3 is 0 Å². The number of benzene rings is 2. The Bertz CT molecular complexity index is 832. The summed E-state index contributed by atoms with van der Waals surface area (Å²) in [5.74, 6) is 1.39. The summed E-state index contributed by atoms with van der Waals surface area (Å²) in [7, 11) is 0. The van der Waals surface area contributed by atoms with E-state index in [4.69, 9.17) is 26.3 Å². The van der Waals surface area contributed by atoms with E-state index in [0.717, 1.165) is 50.5 Å². The molecule has 2 aliphatic heterocycles. The molecule has 6 heteroatoms. The third-order valence-corrected chi connectivity index (χ3v) is 5.12. The van der Waals surface area contributed by atoms with Crippen molar-refractivity contribution in [2.45, 2.75) is 13.0 Å². The van der Waals surface area contributed by atoms with E-state index in [9.17, 15) is 0 Å². The van der Waals surface area contributed by atoms with Crippen LogP contribution in [-0.4, -0.2) is 37.9 Å². The molecule has 134 valence electrons. The topological polar surface area (TPSA) is 48.7 Å². The maximum Gasteiger partial charge on any atom is 0.231 e. The van der Waals surface area contributed by atoms with Gasteiger partial charge in [0.2, 0.25) is 6.79 Å². The maximum atomic E-state index is 8.94. The van der Waals surface area contributed by atoms with Gasteiger partial charge in [0.05, 0.1) is 16.7 Å². The van der Waals surface area contributed by atoms with Crippen molar-refractivity contribution in [3.05, 3.63) is 52.5 Å². The molecule has 0 bridgehead atoms. The van der Waals surface area contributed by atoms with Gasteiger partial charge in [-0.1, -0.05) is 11.6 Å². The average molecular weight is 370 g/mol. The molecular weight excluding hydrogens is 350 g/mol. The first-order valence-electron chi connectivity index (χ1n) is 8.78. The van der Waals surface area contributed by atoms with Gasteiger partial charge in [-0.2, -0.15) is 5.26 Å². The molecule has 0 amide bonds. The van der Waals surface area contributed by atoms with Gasteiger partial charge in [0, 0.05) is 38.4 Å². The molecule has 2 aliphatic rings. The highest BCUT2D eigenvalue weighted by Gasteiger charge is 2.20. The highest BCUT2D eigenvalue weighted by molar-refractivity contribution is 6.32. The second kappa shape index (κ2) is 7.45. The zero-order valence-corrected chi connectivity index (χ0v) is 15.2. The minimum atomic E-state index is 0.238. The predicted octanol–water partition coefficient (Wildman–Crippen LogP) is 3.65. The van der Waals surface area contributed by atoms with Crippen LogP contribution in [0.3, 0.4) is 0 Å². The Hall–Kier alpha value is -2.42. The largest absolute Gasteiger partial charge is 0.454 e. The van der Waals surface area contributed by atoms with Crippen LogP contribution < -0.4 is 14.4 Å². The number of fused-ring (bicyclic) bond motifs is 1. The first kappa shape index (κ1) is 17.0. The fraction of sp³-hybridized carbons (Fsp3) is 0.350. The normalized spacial score (nSPS) is 17.0. The van der Waals surface area contributed by atoms with Crippen LogP contribution in [0, 0.1) is 11.3 Å². The van der Waals surface area contributed by atoms with E-state index in [-0.39, 0.29) is 6.79 Å². The molecule has 0 unspecified atom stereocenters. The number of nitriles is 1. The van der Waals surface area contributed by atoms with Crippen molar-refractivity contribution in [2.75, 3.05) is 37.9 Å². The number of nitrogens with zero attached hydrogens (tertiary/aromatic N) is 3. The van der Waals surface area contributed by atoms with Gasteiger partial charge in [0.1, 0.15) is 0 Å². The summed E-state index contributed by atoms with van der Waals surface area (Å²) in [5, 5.41) is 9.56. The van der Waals surface area contributed by atoms with Crippen LogP contribution in [0.15, 0.2) is 36.4 Å². The van der Waals surface area contributed by atoms with E-state index < -0.39 is 0 Å². The van der Waals surface area contributed by atoms with Gasteiger partial charge in [-0.25, -0.2) is 0 Å². The molecule has 1 fully saturated rings. The molecule has 0 saturated carbocycles. The predicted molar refractivity (Wildman–Crippen MR) is 101 cm³/mol. The zero-order valence-electron chi connectivity index (χ0n) is 14.4. The maximum absolute atomic E-state index is 8.94. The molecule has 0 radical (unpaired) electrons. The third kappa shape index (κ3) is 3.57. The van der Waals surface area contributed by atoms with Gasteiger partial charge in [0.15, 0.2) is 11.5 Å². The van der Waals surface area contributed by atoms with Crippen LogP contribution in [0.2, 0.25) is 5.02 Å². The van der Waals surface area contributed by atoms with E-state index >= 15 is 0 Å². The monoisotopic (exact) mass is 369 g/mol.